The monoisotopic (exact) mass is 215 g/mol. The fraction of sp³-hybridized carbons (Fsp3) is 0.400. The summed E-state index contributed by atoms with van der Waals surface area (Å²) >= 11 is 5.45. The first-order valence-corrected chi connectivity index (χ1v) is 4.98. The van der Waals surface area contributed by atoms with Crippen LogP contribution in [0.4, 0.5) is 5.69 Å². The van der Waals surface area contributed by atoms with Gasteiger partial charge >= 0.3 is 0 Å². The van der Waals surface area contributed by atoms with E-state index in [9.17, 15) is 5.11 Å². The minimum absolute atomic E-state index is 0.0137. The average Bonchev–Trinajstić information content (AvgIpc) is 2.26. The lowest BCUT2D eigenvalue weighted by Gasteiger charge is -2.12. The first-order chi connectivity index (χ1) is 6.77. The molecule has 78 valence electrons. The van der Waals surface area contributed by atoms with Crippen molar-refractivity contribution in [2.24, 2.45) is 0 Å². The molecule has 0 amide bonds. The number of rotatable bonds is 5. The number of benzene rings is 1. The lowest BCUT2D eigenvalue weighted by molar-refractivity contribution is 0.211. The van der Waals surface area contributed by atoms with E-state index in [2.05, 4.69) is 5.32 Å². The summed E-state index contributed by atoms with van der Waals surface area (Å²) in [6.45, 7) is 0.376. The van der Waals surface area contributed by atoms with Gasteiger partial charge in [0.1, 0.15) is 0 Å². The molecule has 3 nitrogen and oxygen atoms in total. The molecule has 0 bridgehead atoms. The molecule has 1 aromatic carbocycles. The van der Waals surface area contributed by atoms with Crippen LogP contribution in [0.5, 0.6) is 0 Å². The van der Waals surface area contributed by atoms with Crippen LogP contribution in [-0.2, 0) is 6.61 Å². The lowest BCUT2D eigenvalue weighted by Crippen LogP contribution is -2.21. The number of hydrogen-bond acceptors (Lipinski definition) is 3. The third kappa shape index (κ3) is 3.18. The van der Waals surface area contributed by atoms with Crippen LogP contribution in [0.2, 0.25) is 0 Å². The Hall–Kier alpha value is -0.770. The van der Waals surface area contributed by atoms with E-state index in [4.69, 9.17) is 16.7 Å². The van der Waals surface area contributed by atoms with Crippen molar-refractivity contribution in [1.82, 2.24) is 0 Å². The normalized spacial score (nSPS) is 12.5. The summed E-state index contributed by atoms with van der Waals surface area (Å²) in [5, 5.41) is 21.3. The third-order valence-electron chi connectivity index (χ3n) is 1.89. The van der Waals surface area contributed by atoms with Gasteiger partial charge in [-0.15, -0.1) is 11.6 Å². The summed E-state index contributed by atoms with van der Waals surface area (Å²) in [6, 6.07) is 7.41. The van der Waals surface area contributed by atoms with E-state index in [-0.39, 0.29) is 12.5 Å². The van der Waals surface area contributed by atoms with Crippen LogP contribution < -0.4 is 5.32 Å². The van der Waals surface area contributed by atoms with Crippen molar-refractivity contribution in [3.8, 4) is 0 Å². The highest BCUT2D eigenvalue weighted by molar-refractivity contribution is 6.18. The van der Waals surface area contributed by atoms with Crippen molar-refractivity contribution in [2.75, 3.05) is 17.7 Å². The van der Waals surface area contributed by atoms with E-state index < -0.39 is 6.10 Å². The highest BCUT2D eigenvalue weighted by Gasteiger charge is 2.03. The topological polar surface area (TPSA) is 52.5 Å². The molecule has 0 aliphatic heterocycles. The summed E-state index contributed by atoms with van der Waals surface area (Å²) in [7, 11) is 0. The number of anilines is 1. The second-order valence-corrected chi connectivity index (χ2v) is 3.31. The molecule has 0 heterocycles. The largest absolute Gasteiger partial charge is 0.392 e. The number of hydrogen-bond donors (Lipinski definition) is 3. The molecule has 0 aromatic heterocycles. The van der Waals surface area contributed by atoms with Gasteiger partial charge in [0.15, 0.2) is 0 Å². The second-order valence-electron chi connectivity index (χ2n) is 3.00. The summed E-state index contributed by atoms with van der Waals surface area (Å²) in [5.41, 5.74) is 1.65. The molecule has 0 saturated carbocycles. The molecule has 1 atom stereocenters. The lowest BCUT2D eigenvalue weighted by atomic mass is 10.2. The molecule has 0 saturated heterocycles. The molecule has 0 fully saturated rings. The fourth-order valence-corrected chi connectivity index (χ4v) is 1.22. The van der Waals surface area contributed by atoms with Crippen molar-refractivity contribution in [3.63, 3.8) is 0 Å². The summed E-state index contributed by atoms with van der Waals surface area (Å²) in [5.74, 6) is 0.203. The molecule has 1 aromatic rings. The number of halogens is 1. The number of aliphatic hydroxyl groups excluding tert-OH is 2. The Balaban J connectivity index is 2.57. The highest BCUT2D eigenvalue weighted by Crippen LogP contribution is 2.14. The first kappa shape index (κ1) is 11.3. The maximum absolute atomic E-state index is 9.23. The van der Waals surface area contributed by atoms with Gasteiger partial charge in [-0.2, -0.15) is 0 Å². The van der Waals surface area contributed by atoms with Crippen LogP contribution in [0.25, 0.3) is 0 Å². The minimum atomic E-state index is -0.566. The van der Waals surface area contributed by atoms with Crippen molar-refractivity contribution in [2.45, 2.75) is 12.7 Å². The number of aliphatic hydroxyl groups is 2. The van der Waals surface area contributed by atoms with Gasteiger partial charge in [-0.05, 0) is 6.07 Å². The molecular formula is C10H14ClNO2. The van der Waals surface area contributed by atoms with E-state index in [0.717, 1.165) is 11.3 Å². The van der Waals surface area contributed by atoms with Gasteiger partial charge in [-0.1, -0.05) is 18.2 Å². The van der Waals surface area contributed by atoms with Gasteiger partial charge in [0.2, 0.25) is 0 Å². The summed E-state index contributed by atoms with van der Waals surface area (Å²) in [4.78, 5) is 0. The van der Waals surface area contributed by atoms with Gasteiger partial charge in [-0.25, -0.2) is 0 Å². The Morgan fingerprint density at radius 1 is 1.36 bits per heavy atom. The number of nitrogens with one attached hydrogen (secondary N) is 1. The standard InChI is InChI=1S/C10H14ClNO2/c11-5-9(14)6-12-10-4-2-1-3-8(10)7-13/h1-4,9,12-14H,5-7H2. The van der Waals surface area contributed by atoms with Crippen molar-refractivity contribution in [1.29, 1.82) is 0 Å². The van der Waals surface area contributed by atoms with Crippen molar-refractivity contribution in [3.05, 3.63) is 29.8 Å². The molecule has 1 unspecified atom stereocenters. The van der Waals surface area contributed by atoms with E-state index >= 15 is 0 Å². The van der Waals surface area contributed by atoms with Crippen LogP contribution >= 0.6 is 11.6 Å². The molecule has 0 spiro atoms. The number of alkyl halides is 1. The molecule has 3 N–H and O–H groups in total. The molecule has 4 heteroatoms. The predicted octanol–water partition coefficient (Wildman–Crippen LogP) is 1.19. The average molecular weight is 216 g/mol. The fourth-order valence-electron chi connectivity index (χ4n) is 1.11. The van der Waals surface area contributed by atoms with Gasteiger partial charge < -0.3 is 15.5 Å². The van der Waals surface area contributed by atoms with Gasteiger partial charge in [-0.3, -0.25) is 0 Å². The smallest absolute Gasteiger partial charge is 0.0847 e. The van der Waals surface area contributed by atoms with Crippen molar-refractivity contribution < 1.29 is 10.2 Å². The Labute approximate surface area is 88.3 Å². The molecule has 1 rings (SSSR count). The van der Waals surface area contributed by atoms with Gasteiger partial charge in [0, 0.05) is 17.8 Å². The Morgan fingerprint density at radius 2 is 2.07 bits per heavy atom. The van der Waals surface area contributed by atoms with E-state index in [1.165, 1.54) is 0 Å². The van der Waals surface area contributed by atoms with E-state index in [1.54, 1.807) is 0 Å². The zero-order valence-corrected chi connectivity index (χ0v) is 8.54. The van der Waals surface area contributed by atoms with Gasteiger partial charge in [0.25, 0.3) is 0 Å². The third-order valence-corrected chi connectivity index (χ3v) is 2.25. The molecule has 0 aliphatic carbocycles. The van der Waals surface area contributed by atoms with Gasteiger partial charge in [0.05, 0.1) is 18.6 Å². The maximum atomic E-state index is 9.23. The Kier molecular flexibility index (Phi) is 4.73. The van der Waals surface area contributed by atoms with Crippen LogP contribution in [-0.4, -0.2) is 28.7 Å². The van der Waals surface area contributed by atoms with E-state index in [1.807, 2.05) is 24.3 Å². The van der Waals surface area contributed by atoms with Crippen molar-refractivity contribution >= 4 is 17.3 Å². The zero-order chi connectivity index (χ0) is 10.4. The second kappa shape index (κ2) is 5.86. The molecular weight excluding hydrogens is 202 g/mol. The first-order valence-electron chi connectivity index (χ1n) is 4.44. The number of para-hydroxylation sites is 1. The summed E-state index contributed by atoms with van der Waals surface area (Å²) in [6.07, 6.45) is -0.566. The van der Waals surface area contributed by atoms with Crippen LogP contribution in [0.3, 0.4) is 0 Å². The Morgan fingerprint density at radius 3 is 2.71 bits per heavy atom. The summed E-state index contributed by atoms with van der Waals surface area (Å²) < 4.78 is 0. The van der Waals surface area contributed by atoms with E-state index in [0.29, 0.717) is 6.54 Å². The molecule has 0 aliphatic rings. The highest BCUT2D eigenvalue weighted by atomic mass is 35.5. The quantitative estimate of drug-likeness (QED) is 0.647. The Bertz CT molecular complexity index is 281. The molecule has 0 radical (unpaired) electrons. The molecule has 14 heavy (non-hydrogen) atoms. The SMILES string of the molecule is OCc1ccccc1NCC(O)CCl. The zero-order valence-electron chi connectivity index (χ0n) is 7.78. The maximum Gasteiger partial charge on any atom is 0.0847 e. The van der Waals surface area contributed by atoms with Crippen LogP contribution in [0, 0.1) is 0 Å². The minimum Gasteiger partial charge on any atom is -0.392 e. The van der Waals surface area contributed by atoms with Crippen LogP contribution in [0.15, 0.2) is 24.3 Å². The van der Waals surface area contributed by atoms with Crippen LogP contribution in [0.1, 0.15) is 5.56 Å². The predicted molar refractivity (Wildman–Crippen MR) is 57.6 cm³/mol.